The summed E-state index contributed by atoms with van der Waals surface area (Å²) < 4.78 is 5.25. The molecule has 0 aliphatic carbocycles. The van der Waals surface area contributed by atoms with Gasteiger partial charge in [0.2, 0.25) is 11.9 Å². The summed E-state index contributed by atoms with van der Waals surface area (Å²) in [5.41, 5.74) is 6.05. The summed E-state index contributed by atoms with van der Waals surface area (Å²) in [5.74, 6) is 2.84. The molecule has 1 amide bonds. The first-order valence-corrected chi connectivity index (χ1v) is 13.5. The van der Waals surface area contributed by atoms with Gasteiger partial charge >= 0.3 is 0 Å². The maximum atomic E-state index is 13.3. The van der Waals surface area contributed by atoms with Crippen molar-refractivity contribution < 1.29 is 9.53 Å². The minimum atomic E-state index is 0.150. The van der Waals surface area contributed by atoms with Crippen LogP contribution in [0.15, 0.2) is 48.5 Å². The van der Waals surface area contributed by atoms with E-state index in [9.17, 15) is 4.79 Å². The molecule has 0 saturated carbocycles. The zero-order valence-electron chi connectivity index (χ0n) is 21.7. The summed E-state index contributed by atoms with van der Waals surface area (Å²) >= 11 is 0. The molecule has 6 rings (SSSR count). The molecule has 1 saturated heterocycles. The number of carbonyl (C=O) groups excluding carboxylic acids is 1. The molecule has 0 unspecified atom stereocenters. The number of piperidine rings is 1. The molecule has 0 radical (unpaired) electrons. The molecule has 37 heavy (non-hydrogen) atoms. The molecule has 3 aliphatic heterocycles. The Labute approximate surface area is 219 Å². The third-order valence-electron chi connectivity index (χ3n) is 7.96. The Morgan fingerprint density at radius 2 is 1.62 bits per heavy atom. The monoisotopic (exact) mass is 497 g/mol. The van der Waals surface area contributed by atoms with Gasteiger partial charge in [0.1, 0.15) is 11.6 Å². The van der Waals surface area contributed by atoms with Gasteiger partial charge in [-0.2, -0.15) is 4.98 Å². The highest BCUT2D eigenvalue weighted by Crippen LogP contribution is 2.32. The Balaban J connectivity index is 1.26. The number of nitrogens with zero attached hydrogens (tertiary/aromatic N) is 5. The van der Waals surface area contributed by atoms with Crippen molar-refractivity contribution in [1.82, 2.24) is 14.9 Å². The highest BCUT2D eigenvalue weighted by molar-refractivity contribution is 5.79. The summed E-state index contributed by atoms with van der Waals surface area (Å²) in [5, 5.41) is 0. The number of fused-ring (bicyclic) bond motifs is 2. The van der Waals surface area contributed by atoms with Gasteiger partial charge in [0.25, 0.3) is 0 Å². The fourth-order valence-corrected chi connectivity index (χ4v) is 5.80. The van der Waals surface area contributed by atoms with Crippen LogP contribution in [0, 0.1) is 0 Å². The quantitative estimate of drug-likeness (QED) is 0.528. The summed E-state index contributed by atoms with van der Waals surface area (Å²) in [6, 6.07) is 16.5. The normalized spacial score (nSPS) is 17.3. The fraction of sp³-hybridized carbons (Fsp3) is 0.433. The average Bonchev–Trinajstić information content (AvgIpc) is 2.97. The molecule has 7 nitrogen and oxygen atoms in total. The molecule has 0 bridgehead atoms. The van der Waals surface area contributed by atoms with E-state index in [0.717, 1.165) is 73.4 Å². The number of anilines is 2. The lowest BCUT2D eigenvalue weighted by atomic mass is 10.00. The van der Waals surface area contributed by atoms with Crippen LogP contribution in [0.4, 0.5) is 11.8 Å². The van der Waals surface area contributed by atoms with Crippen LogP contribution in [0.2, 0.25) is 0 Å². The highest BCUT2D eigenvalue weighted by Gasteiger charge is 2.30. The third-order valence-corrected chi connectivity index (χ3v) is 7.96. The van der Waals surface area contributed by atoms with E-state index in [0.29, 0.717) is 19.5 Å². The zero-order valence-corrected chi connectivity index (χ0v) is 21.7. The first-order chi connectivity index (χ1) is 18.2. The molecule has 3 aliphatic rings. The van der Waals surface area contributed by atoms with Gasteiger partial charge in [0.05, 0.1) is 25.8 Å². The second kappa shape index (κ2) is 10.4. The summed E-state index contributed by atoms with van der Waals surface area (Å²) in [6.07, 6.45) is 5.82. The van der Waals surface area contributed by atoms with Crippen molar-refractivity contribution in [2.75, 3.05) is 43.1 Å². The minimum Gasteiger partial charge on any atom is -0.497 e. The van der Waals surface area contributed by atoms with Crippen LogP contribution in [0.3, 0.4) is 0 Å². The van der Waals surface area contributed by atoms with E-state index >= 15 is 0 Å². The van der Waals surface area contributed by atoms with Gasteiger partial charge in [-0.3, -0.25) is 4.79 Å². The van der Waals surface area contributed by atoms with Gasteiger partial charge in [-0.05, 0) is 54.5 Å². The Morgan fingerprint density at radius 3 is 2.41 bits per heavy atom. The number of ether oxygens (including phenoxy) is 1. The zero-order chi connectivity index (χ0) is 25.2. The Morgan fingerprint density at radius 1 is 0.838 bits per heavy atom. The summed E-state index contributed by atoms with van der Waals surface area (Å²) in [4.78, 5) is 30.3. The first kappa shape index (κ1) is 23.8. The number of amides is 1. The fourth-order valence-electron chi connectivity index (χ4n) is 5.80. The SMILES string of the molecule is COc1ccc(CC(=O)N2CCc3nc(N4CCc5ccccc5C4)nc(N4CCCCC4)c3C2)cc1. The Hall–Kier alpha value is -3.61. The van der Waals surface area contributed by atoms with Crippen molar-refractivity contribution >= 4 is 17.7 Å². The molecule has 0 N–H and O–H groups in total. The summed E-state index contributed by atoms with van der Waals surface area (Å²) in [6.45, 7) is 5.10. The van der Waals surface area contributed by atoms with E-state index in [2.05, 4.69) is 34.1 Å². The van der Waals surface area contributed by atoms with Crippen LogP contribution in [-0.4, -0.2) is 54.1 Å². The van der Waals surface area contributed by atoms with E-state index in [-0.39, 0.29) is 5.91 Å². The van der Waals surface area contributed by atoms with Crippen molar-refractivity contribution in [3.8, 4) is 5.75 Å². The van der Waals surface area contributed by atoms with Crippen molar-refractivity contribution in [3.05, 3.63) is 76.5 Å². The number of rotatable bonds is 5. The van der Waals surface area contributed by atoms with E-state index in [4.69, 9.17) is 14.7 Å². The van der Waals surface area contributed by atoms with Crippen LogP contribution in [0.5, 0.6) is 5.75 Å². The standard InChI is InChI=1S/C30H35N5O2/c1-37-25-11-9-22(10-12-25)19-28(36)34-18-14-27-26(21-34)29(33-15-5-2-6-16-33)32-30(31-27)35-17-13-23-7-3-4-8-24(23)20-35/h3-4,7-12H,2,5-6,13-21H2,1H3. The lowest BCUT2D eigenvalue weighted by molar-refractivity contribution is -0.131. The molecule has 1 fully saturated rings. The van der Waals surface area contributed by atoms with Crippen molar-refractivity contribution in [3.63, 3.8) is 0 Å². The van der Waals surface area contributed by atoms with Crippen LogP contribution in [0.25, 0.3) is 0 Å². The largest absolute Gasteiger partial charge is 0.497 e. The second-order valence-electron chi connectivity index (χ2n) is 10.4. The lowest BCUT2D eigenvalue weighted by Gasteiger charge is -2.36. The first-order valence-electron chi connectivity index (χ1n) is 13.5. The molecule has 7 heteroatoms. The Kier molecular flexibility index (Phi) is 6.68. The van der Waals surface area contributed by atoms with Gasteiger partial charge in [0, 0.05) is 44.7 Å². The number of hydrogen-bond acceptors (Lipinski definition) is 6. The average molecular weight is 498 g/mol. The Bertz CT molecular complexity index is 1270. The van der Waals surface area contributed by atoms with Gasteiger partial charge < -0.3 is 19.4 Å². The summed E-state index contributed by atoms with van der Waals surface area (Å²) in [7, 11) is 1.66. The van der Waals surface area contributed by atoms with Crippen LogP contribution < -0.4 is 14.5 Å². The number of hydrogen-bond donors (Lipinski definition) is 0. The molecule has 3 aromatic rings. The molecule has 192 valence electrons. The number of benzene rings is 2. The number of carbonyl (C=O) groups is 1. The lowest BCUT2D eigenvalue weighted by Crippen LogP contribution is -2.40. The number of aromatic nitrogens is 2. The van der Waals surface area contributed by atoms with E-state index in [1.54, 1.807) is 7.11 Å². The van der Waals surface area contributed by atoms with Gasteiger partial charge in [-0.15, -0.1) is 0 Å². The van der Waals surface area contributed by atoms with Gasteiger partial charge in [-0.1, -0.05) is 36.4 Å². The molecule has 0 spiro atoms. The van der Waals surface area contributed by atoms with Crippen molar-refractivity contribution in [2.24, 2.45) is 0 Å². The molecule has 4 heterocycles. The molecular formula is C30H35N5O2. The van der Waals surface area contributed by atoms with Gasteiger partial charge in [-0.25, -0.2) is 4.98 Å². The van der Waals surface area contributed by atoms with Crippen molar-refractivity contribution in [2.45, 2.75) is 51.6 Å². The van der Waals surface area contributed by atoms with Crippen molar-refractivity contribution in [1.29, 1.82) is 0 Å². The second-order valence-corrected chi connectivity index (χ2v) is 10.4. The molecule has 1 aromatic heterocycles. The molecule has 2 aromatic carbocycles. The maximum Gasteiger partial charge on any atom is 0.227 e. The predicted molar refractivity (Wildman–Crippen MR) is 145 cm³/mol. The maximum absolute atomic E-state index is 13.3. The number of methoxy groups -OCH3 is 1. The van der Waals surface area contributed by atoms with E-state index < -0.39 is 0 Å². The minimum absolute atomic E-state index is 0.150. The van der Waals surface area contributed by atoms with Crippen LogP contribution >= 0.6 is 0 Å². The topological polar surface area (TPSA) is 61.8 Å². The van der Waals surface area contributed by atoms with E-state index in [1.165, 1.54) is 30.4 Å². The highest BCUT2D eigenvalue weighted by atomic mass is 16.5. The smallest absolute Gasteiger partial charge is 0.227 e. The predicted octanol–water partition coefficient (Wildman–Crippen LogP) is 4.17. The van der Waals surface area contributed by atoms with Gasteiger partial charge in [0.15, 0.2) is 0 Å². The van der Waals surface area contributed by atoms with E-state index in [1.807, 2.05) is 29.2 Å². The van der Waals surface area contributed by atoms with Crippen LogP contribution in [0.1, 0.15) is 47.2 Å². The molecular weight excluding hydrogens is 462 g/mol. The molecule has 0 atom stereocenters. The third kappa shape index (κ3) is 4.99. The van der Waals surface area contributed by atoms with Crippen LogP contribution in [-0.2, 0) is 37.1 Å².